The van der Waals surface area contributed by atoms with E-state index >= 15 is 0 Å². The first-order valence-electron chi connectivity index (χ1n) is 12.2. The Morgan fingerprint density at radius 2 is 1.72 bits per heavy atom. The lowest BCUT2D eigenvalue weighted by atomic mass is 10.1. The van der Waals surface area contributed by atoms with Crippen LogP contribution in [-0.4, -0.2) is 52.8 Å². The second-order valence-corrected chi connectivity index (χ2v) is 9.64. The van der Waals surface area contributed by atoms with Crippen LogP contribution in [0.5, 0.6) is 0 Å². The zero-order valence-electron chi connectivity index (χ0n) is 21.2. The Kier molecular flexibility index (Phi) is 8.27. The van der Waals surface area contributed by atoms with Crippen molar-refractivity contribution < 1.29 is 14.4 Å². The van der Waals surface area contributed by atoms with Crippen molar-refractivity contribution in [2.45, 2.75) is 39.3 Å². The van der Waals surface area contributed by atoms with E-state index in [1.807, 2.05) is 70.2 Å². The zero-order valence-corrected chi connectivity index (χ0v) is 21.2. The number of para-hydroxylation sites is 2. The summed E-state index contributed by atoms with van der Waals surface area (Å²) in [4.78, 5) is 27.8. The quantitative estimate of drug-likeness (QED) is 0.399. The van der Waals surface area contributed by atoms with Gasteiger partial charge in [-0.05, 0) is 58.0 Å². The van der Waals surface area contributed by atoms with Crippen LogP contribution in [0, 0.1) is 0 Å². The van der Waals surface area contributed by atoms with E-state index in [0.29, 0.717) is 36.0 Å². The Hall–Kier alpha value is -3.37. The molecule has 0 radical (unpaired) electrons. The van der Waals surface area contributed by atoms with Crippen molar-refractivity contribution >= 4 is 17.3 Å². The molecule has 2 aromatic carbocycles. The van der Waals surface area contributed by atoms with E-state index in [1.54, 1.807) is 18.3 Å². The Balaban J connectivity index is 1.42. The van der Waals surface area contributed by atoms with Crippen LogP contribution in [0.25, 0.3) is 11.3 Å². The van der Waals surface area contributed by atoms with E-state index in [0.717, 1.165) is 24.3 Å². The molecule has 1 amide bonds. The van der Waals surface area contributed by atoms with Gasteiger partial charge in [0.25, 0.3) is 5.91 Å². The molecule has 9 nitrogen and oxygen atoms in total. The maximum absolute atomic E-state index is 12.9. The fraction of sp³-hybridized carbons (Fsp3) is 0.370. The van der Waals surface area contributed by atoms with Gasteiger partial charge in [-0.15, -0.1) is 0 Å². The molecule has 1 unspecified atom stereocenters. The fourth-order valence-electron chi connectivity index (χ4n) is 3.64. The minimum absolute atomic E-state index is 0.0379. The summed E-state index contributed by atoms with van der Waals surface area (Å²) in [5.41, 5.74) is 9.59. The molecule has 0 bridgehead atoms. The molecule has 3 aromatic rings. The van der Waals surface area contributed by atoms with Crippen molar-refractivity contribution in [1.29, 1.82) is 0 Å². The minimum Gasteiger partial charge on any atom is -0.379 e. The predicted octanol–water partition coefficient (Wildman–Crippen LogP) is 4.44. The average Bonchev–Trinajstić information content (AvgIpc) is 2.88. The summed E-state index contributed by atoms with van der Waals surface area (Å²) in [7, 11) is 0. The molecule has 4 rings (SSSR count). The molecule has 9 heteroatoms. The highest BCUT2D eigenvalue weighted by molar-refractivity contribution is 6.06. The first-order chi connectivity index (χ1) is 17.3. The molecule has 0 saturated carbocycles. The molecule has 1 atom stereocenters. The summed E-state index contributed by atoms with van der Waals surface area (Å²) in [5, 5.41) is 5.10. The molecule has 3 N–H and O–H groups in total. The fourth-order valence-corrected chi connectivity index (χ4v) is 3.64. The molecule has 1 saturated heterocycles. The van der Waals surface area contributed by atoms with E-state index in [4.69, 9.17) is 14.6 Å². The lowest BCUT2D eigenvalue weighted by Crippen LogP contribution is -2.46. The number of nitrogens with zero attached hydrogens (tertiary/aromatic N) is 3. The molecule has 0 spiro atoms. The number of hydrogen-bond donors (Lipinski definition) is 3. The van der Waals surface area contributed by atoms with E-state index in [2.05, 4.69) is 26.2 Å². The molecular weight excluding hydrogens is 456 g/mol. The second kappa shape index (κ2) is 11.6. The van der Waals surface area contributed by atoms with Gasteiger partial charge in [-0.2, -0.15) is 0 Å². The molecule has 0 aliphatic carbocycles. The number of ether oxygens (including phenoxy) is 1. The SMILES string of the molecule is CC(NN1CCOCC1)c1nccc(-c2ccc(C(=O)Nc3ccccc3NOC(C)(C)C)cc2)n1. The molecule has 1 aliphatic rings. The summed E-state index contributed by atoms with van der Waals surface area (Å²) in [6.07, 6.45) is 1.76. The highest BCUT2D eigenvalue weighted by Gasteiger charge is 2.17. The third-order valence-corrected chi connectivity index (χ3v) is 5.53. The maximum Gasteiger partial charge on any atom is 0.255 e. The monoisotopic (exact) mass is 490 g/mol. The van der Waals surface area contributed by atoms with Crippen LogP contribution in [-0.2, 0) is 9.57 Å². The number of morpholine rings is 1. The van der Waals surface area contributed by atoms with Gasteiger partial charge in [0.1, 0.15) is 5.82 Å². The predicted molar refractivity (Wildman–Crippen MR) is 140 cm³/mol. The normalized spacial score (nSPS) is 15.3. The first kappa shape index (κ1) is 25.7. The Labute approximate surface area is 212 Å². The van der Waals surface area contributed by atoms with E-state index in [1.165, 1.54) is 0 Å². The highest BCUT2D eigenvalue weighted by Crippen LogP contribution is 2.24. The van der Waals surface area contributed by atoms with Gasteiger partial charge in [0.05, 0.1) is 41.9 Å². The van der Waals surface area contributed by atoms with Crippen LogP contribution >= 0.6 is 0 Å². The standard InChI is InChI=1S/C27H34N6O3/c1-19(31-33-15-17-35-18-16-33)25-28-14-13-22(29-25)20-9-11-21(12-10-20)26(34)30-23-7-5-6-8-24(23)32-36-27(2,3)4/h5-14,19,31-32H,15-18H2,1-4H3,(H,30,34). The Morgan fingerprint density at radius 1 is 1.03 bits per heavy atom. The van der Waals surface area contributed by atoms with Crippen LogP contribution in [0.3, 0.4) is 0 Å². The first-order valence-corrected chi connectivity index (χ1v) is 12.2. The molecule has 190 valence electrons. The van der Waals surface area contributed by atoms with E-state index < -0.39 is 0 Å². The number of anilines is 2. The van der Waals surface area contributed by atoms with Crippen LogP contribution < -0.4 is 16.2 Å². The van der Waals surface area contributed by atoms with Crippen LogP contribution in [0.15, 0.2) is 60.8 Å². The van der Waals surface area contributed by atoms with Crippen molar-refractivity contribution in [3.8, 4) is 11.3 Å². The number of hydrogen-bond acceptors (Lipinski definition) is 8. The lowest BCUT2D eigenvalue weighted by Gasteiger charge is -2.29. The van der Waals surface area contributed by atoms with Crippen LogP contribution in [0.2, 0.25) is 0 Å². The van der Waals surface area contributed by atoms with Gasteiger partial charge in [0.2, 0.25) is 0 Å². The van der Waals surface area contributed by atoms with E-state index in [-0.39, 0.29) is 17.6 Å². The smallest absolute Gasteiger partial charge is 0.255 e. The van der Waals surface area contributed by atoms with Crippen molar-refractivity contribution in [3.05, 3.63) is 72.2 Å². The molecule has 36 heavy (non-hydrogen) atoms. The Bertz CT molecular complexity index is 1160. The van der Waals surface area contributed by atoms with Crippen LogP contribution in [0.1, 0.15) is 49.9 Å². The highest BCUT2D eigenvalue weighted by atomic mass is 16.7. The number of benzene rings is 2. The zero-order chi connectivity index (χ0) is 25.5. The molecule has 1 fully saturated rings. The Morgan fingerprint density at radius 3 is 2.42 bits per heavy atom. The largest absolute Gasteiger partial charge is 0.379 e. The summed E-state index contributed by atoms with van der Waals surface area (Å²) >= 11 is 0. The second-order valence-electron chi connectivity index (χ2n) is 9.64. The maximum atomic E-state index is 12.9. The van der Waals surface area contributed by atoms with Crippen molar-refractivity contribution in [1.82, 2.24) is 20.4 Å². The number of nitrogens with one attached hydrogen (secondary N) is 3. The van der Waals surface area contributed by atoms with Crippen molar-refractivity contribution in [3.63, 3.8) is 0 Å². The molecule has 2 heterocycles. The summed E-state index contributed by atoms with van der Waals surface area (Å²) in [6, 6.07) is 16.6. The summed E-state index contributed by atoms with van der Waals surface area (Å²) in [5.74, 6) is 0.501. The summed E-state index contributed by atoms with van der Waals surface area (Å²) < 4.78 is 5.40. The van der Waals surface area contributed by atoms with E-state index in [9.17, 15) is 4.79 Å². The molecular formula is C27H34N6O3. The number of hydrazine groups is 1. The summed E-state index contributed by atoms with van der Waals surface area (Å²) in [6.45, 7) is 11.0. The van der Waals surface area contributed by atoms with Crippen LogP contribution in [0.4, 0.5) is 11.4 Å². The average molecular weight is 491 g/mol. The van der Waals surface area contributed by atoms with Gasteiger partial charge < -0.3 is 10.1 Å². The number of carbonyl (C=O) groups is 1. The van der Waals surface area contributed by atoms with Gasteiger partial charge in [-0.25, -0.2) is 20.4 Å². The van der Waals surface area contributed by atoms with Gasteiger partial charge in [-0.1, -0.05) is 24.3 Å². The topological polar surface area (TPSA) is 101 Å². The van der Waals surface area contributed by atoms with Gasteiger partial charge in [-0.3, -0.25) is 15.1 Å². The van der Waals surface area contributed by atoms with Crippen molar-refractivity contribution in [2.24, 2.45) is 0 Å². The molecule has 1 aliphatic heterocycles. The molecule has 1 aromatic heterocycles. The lowest BCUT2D eigenvalue weighted by molar-refractivity contribution is 0.00418. The van der Waals surface area contributed by atoms with Gasteiger partial charge >= 0.3 is 0 Å². The third-order valence-electron chi connectivity index (χ3n) is 5.53. The number of rotatable bonds is 8. The number of amides is 1. The van der Waals surface area contributed by atoms with Gasteiger partial charge in [0, 0.05) is 30.4 Å². The number of carbonyl (C=O) groups excluding carboxylic acids is 1. The van der Waals surface area contributed by atoms with Gasteiger partial charge in [0.15, 0.2) is 0 Å². The van der Waals surface area contributed by atoms with Crippen molar-refractivity contribution in [2.75, 3.05) is 37.1 Å². The number of aromatic nitrogens is 2. The third kappa shape index (κ3) is 7.08. The minimum atomic E-state index is -0.371.